The molecule has 0 unspecified atom stereocenters. The summed E-state index contributed by atoms with van der Waals surface area (Å²) in [5.74, 6) is 0.604. The van der Waals surface area contributed by atoms with Gasteiger partial charge in [0.05, 0.1) is 17.1 Å². The van der Waals surface area contributed by atoms with E-state index in [2.05, 4.69) is 46.8 Å². The Kier molecular flexibility index (Phi) is 4.91. The highest BCUT2D eigenvalue weighted by Gasteiger charge is 2.26. The van der Waals surface area contributed by atoms with Crippen molar-refractivity contribution in [1.82, 2.24) is 0 Å². The quantitative estimate of drug-likeness (QED) is 0.473. The van der Waals surface area contributed by atoms with Gasteiger partial charge in [-0.15, -0.1) is 0 Å². The molecule has 0 aliphatic carbocycles. The third-order valence-corrected chi connectivity index (χ3v) is 5.63. The van der Waals surface area contributed by atoms with E-state index < -0.39 is 0 Å². The van der Waals surface area contributed by atoms with Crippen LogP contribution in [0.2, 0.25) is 5.02 Å². The van der Waals surface area contributed by atoms with Gasteiger partial charge in [-0.3, -0.25) is 0 Å². The highest BCUT2D eigenvalue weighted by Crippen LogP contribution is 2.41. The first-order valence-electron chi connectivity index (χ1n) is 8.90. The number of ether oxygens (including phenoxy) is 1. The van der Waals surface area contributed by atoms with Crippen LogP contribution < -0.4 is 15.3 Å². The monoisotopic (exact) mass is 447 g/mol. The van der Waals surface area contributed by atoms with Crippen LogP contribution in [0.25, 0.3) is 11.0 Å². The molecule has 0 N–H and O–H groups in total. The number of nitrogens with zero attached hydrogens (tertiary/aromatic N) is 1. The smallest absolute Gasteiger partial charge is 0.336 e. The van der Waals surface area contributed by atoms with E-state index in [1.54, 1.807) is 6.07 Å². The molecule has 140 valence electrons. The van der Waals surface area contributed by atoms with Gasteiger partial charge in [0.1, 0.15) is 11.3 Å². The minimum atomic E-state index is -0.340. The van der Waals surface area contributed by atoms with Gasteiger partial charge in [-0.05, 0) is 48.7 Å². The lowest BCUT2D eigenvalue weighted by molar-refractivity contribution is 0.289. The summed E-state index contributed by atoms with van der Waals surface area (Å²) in [6.07, 6.45) is 1.74. The van der Waals surface area contributed by atoms with Crippen LogP contribution in [0.5, 0.6) is 5.75 Å². The summed E-state index contributed by atoms with van der Waals surface area (Å²) in [5.41, 5.74) is 4.23. The molecule has 2 aromatic carbocycles. The molecule has 0 radical (unpaired) electrons. The van der Waals surface area contributed by atoms with Gasteiger partial charge in [0.15, 0.2) is 6.73 Å². The van der Waals surface area contributed by atoms with Crippen molar-refractivity contribution in [2.24, 2.45) is 0 Å². The lowest BCUT2D eigenvalue weighted by Crippen LogP contribution is -2.32. The highest BCUT2D eigenvalue weighted by atomic mass is 79.9. The van der Waals surface area contributed by atoms with Gasteiger partial charge in [0.25, 0.3) is 0 Å². The van der Waals surface area contributed by atoms with Gasteiger partial charge in [-0.25, -0.2) is 4.79 Å². The predicted molar refractivity (Wildman–Crippen MR) is 112 cm³/mol. The van der Waals surface area contributed by atoms with Crippen LogP contribution in [0.3, 0.4) is 0 Å². The van der Waals surface area contributed by atoms with E-state index in [1.165, 1.54) is 0 Å². The largest absolute Gasteiger partial charge is 0.471 e. The lowest BCUT2D eigenvalue weighted by Gasteiger charge is -2.32. The van der Waals surface area contributed by atoms with Crippen molar-refractivity contribution in [3.8, 4) is 5.75 Å². The Hall–Kier alpha value is -1.98. The first-order valence-corrected chi connectivity index (χ1v) is 10.1. The second-order valence-corrected chi connectivity index (χ2v) is 8.11. The highest BCUT2D eigenvalue weighted by molar-refractivity contribution is 9.10. The Labute approximate surface area is 170 Å². The van der Waals surface area contributed by atoms with Crippen LogP contribution in [0, 0.1) is 6.92 Å². The van der Waals surface area contributed by atoms with Gasteiger partial charge in [-0.2, -0.15) is 0 Å². The van der Waals surface area contributed by atoms with Gasteiger partial charge in [0, 0.05) is 21.6 Å². The Morgan fingerprint density at radius 2 is 2.07 bits per heavy atom. The number of rotatable bonds is 3. The third-order valence-electron chi connectivity index (χ3n) is 4.85. The average molecular weight is 449 g/mol. The summed E-state index contributed by atoms with van der Waals surface area (Å²) >= 11 is 10.0. The van der Waals surface area contributed by atoms with E-state index in [0.717, 1.165) is 45.1 Å². The van der Waals surface area contributed by atoms with Crippen molar-refractivity contribution in [3.05, 3.63) is 66.9 Å². The van der Waals surface area contributed by atoms with Gasteiger partial charge < -0.3 is 14.1 Å². The standard InChI is InChI=1S/C21H19BrClNO3/c1-3-4-13-8-19(25)27-20-15(13)9-17(23)21-16(20)10-24(11-26-21)18-6-5-14(22)7-12(18)2/h5-9H,3-4,10-11H2,1-2H3. The first kappa shape index (κ1) is 18.4. The molecule has 1 aromatic heterocycles. The second kappa shape index (κ2) is 7.21. The Bertz CT molecular complexity index is 1090. The number of hydrogen-bond acceptors (Lipinski definition) is 4. The summed E-state index contributed by atoms with van der Waals surface area (Å²) in [4.78, 5) is 14.3. The van der Waals surface area contributed by atoms with E-state index in [-0.39, 0.29) is 5.63 Å². The number of aryl methyl sites for hydroxylation is 2. The number of fused-ring (bicyclic) bond motifs is 3. The maximum Gasteiger partial charge on any atom is 0.336 e. The van der Waals surface area contributed by atoms with Crippen LogP contribution in [-0.2, 0) is 13.0 Å². The fourth-order valence-corrected chi connectivity index (χ4v) is 4.41. The topological polar surface area (TPSA) is 42.7 Å². The summed E-state index contributed by atoms with van der Waals surface area (Å²) < 4.78 is 12.6. The summed E-state index contributed by atoms with van der Waals surface area (Å²) in [6.45, 7) is 5.10. The molecular weight excluding hydrogens is 430 g/mol. The number of halogens is 2. The second-order valence-electron chi connectivity index (χ2n) is 6.79. The van der Waals surface area contributed by atoms with E-state index in [4.69, 9.17) is 20.8 Å². The van der Waals surface area contributed by atoms with Gasteiger partial charge in [0.2, 0.25) is 0 Å². The zero-order valence-electron chi connectivity index (χ0n) is 15.1. The van der Waals surface area contributed by atoms with Gasteiger partial charge in [-0.1, -0.05) is 40.9 Å². The Morgan fingerprint density at radius 1 is 1.26 bits per heavy atom. The number of benzene rings is 2. The van der Waals surface area contributed by atoms with Crippen LogP contribution in [-0.4, -0.2) is 6.73 Å². The minimum absolute atomic E-state index is 0.340. The summed E-state index contributed by atoms with van der Waals surface area (Å²) in [5, 5.41) is 1.44. The molecule has 0 bridgehead atoms. The number of anilines is 1. The zero-order valence-corrected chi connectivity index (χ0v) is 17.5. The Balaban J connectivity index is 1.87. The van der Waals surface area contributed by atoms with Crippen LogP contribution in [0.4, 0.5) is 5.69 Å². The molecule has 27 heavy (non-hydrogen) atoms. The zero-order chi connectivity index (χ0) is 19.1. The molecule has 0 saturated heterocycles. The van der Waals surface area contributed by atoms with Gasteiger partial charge >= 0.3 is 5.63 Å². The molecular formula is C21H19BrClNO3. The summed E-state index contributed by atoms with van der Waals surface area (Å²) in [7, 11) is 0. The molecule has 4 nitrogen and oxygen atoms in total. The Morgan fingerprint density at radius 3 is 2.81 bits per heavy atom. The van der Waals surface area contributed by atoms with Crippen molar-refractivity contribution < 1.29 is 9.15 Å². The molecule has 0 amide bonds. The van der Waals surface area contributed by atoms with Crippen molar-refractivity contribution in [3.63, 3.8) is 0 Å². The van der Waals surface area contributed by atoms with Crippen LogP contribution in [0.1, 0.15) is 30.0 Å². The lowest BCUT2D eigenvalue weighted by atomic mass is 10.0. The van der Waals surface area contributed by atoms with E-state index in [0.29, 0.717) is 29.6 Å². The van der Waals surface area contributed by atoms with Crippen molar-refractivity contribution in [2.45, 2.75) is 33.2 Å². The molecule has 0 atom stereocenters. The van der Waals surface area contributed by atoms with Crippen molar-refractivity contribution in [1.29, 1.82) is 0 Å². The molecule has 0 fully saturated rings. The summed E-state index contributed by atoms with van der Waals surface area (Å²) in [6, 6.07) is 9.55. The predicted octanol–water partition coefficient (Wildman–Crippen LogP) is 5.83. The fourth-order valence-electron chi connectivity index (χ4n) is 3.66. The van der Waals surface area contributed by atoms with Crippen molar-refractivity contribution in [2.75, 3.05) is 11.6 Å². The van der Waals surface area contributed by atoms with Crippen LogP contribution >= 0.6 is 27.5 Å². The average Bonchev–Trinajstić information content (AvgIpc) is 2.63. The van der Waals surface area contributed by atoms with Crippen LogP contribution in [0.15, 0.2) is 44.0 Å². The molecule has 0 saturated carbocycles. The normalized spacial score (nSPS) is 13.6. The molecule has 4 rings (SSSR count). The maximum absolute atomic E-state index is 12.1. The molecule has 6 heteroatoms. The number of hydrogen-bond donors (Lipinski definition) is 0. The first-order chi connectivity index (χ1) is 13.0. The fraction of sp³-hybridized carbons (Fsp3) is 0.286. The molecule has 2 heterocycles. The molecule has 1 aliphatic rings. The minimum Gasteiger partial charge on any atom is -0.471 e. The molecule has 0 spiro atoms. The SMILES string of the molecule is CCCc1cc(=O)oc2c3c(c(Cl)cc12)OCN(c1ccc(Br)cc1C)C3. The van der Waals surface area contributed by atoms with E-state index in [9.17, 15) is 4.79 Å². The molecule has 3 aromatic rings. The maximum atomic E-state index is 12.1. The van der Waals surface area contributed by atoms with E-state index in [1.807, 2.05) is 12.1 Å². The van der Waals surface area contributed by atoms with E-state index >= 15 is 0 Å². The van der Waals surface area contributed by atoms with Crippen molar-refractivity contribution >= 4 is 44.2 Å². The molecule has 1 aliphatic heterocycles. The third kappa shape index (κ3) is 3.34.